The van der Waals surface area contributed by atoms with Gasteiger partial charge in [-0.05, 0) is 18.9 Å². The first-order valence-electron chi connectivity index (χ1n) is 7.52. The van der Waals surface area contributed by atoms with Gasteiger partial charge in [0.15, 0.2) is 0 Å². The van der Waals surface area contributed by atoms with Gasteiger partial charge in [-0.1, -0.05) is 56.5 Å². The standard InChI is InChI=1S/C17H26O3/c1-3-4-5-9-12-19-13-15(2)17(18)20-14-16-10-7-6-8-11-16/h6-8,10-11,15H,3-5,9,12-14H2,1-2H3. The number of ether oxygens (including phenoxy) is 2. The Morgan fingerprint density at radius 1 is 1.15 bits per heavy atom. The summed E-state index contributed by atoms with van der Waals surface area (Å²) in [4.78, 5) is 11.8. The lowest BCUT2D eigenvalue weighted by molar-refractivity contribution is -0.151. The summed E-state index contributed by atoms with van der Waals surface area (Å²) in [5.41, 5.74) is 1.01. The SMILES string of the molecule is CCCCCCOCC(C)C(=O)OCc1ccccc1. The maximum atomic E-state index is 11.8. The minimum Gasteiger partial charge on any atom is -0.461 e. The third-order valence-corrected chi connectivity index (χ3v) is 3.14. The molecule has 0 aliphatic carbocycles. The first-order chi connectivity index (χ1) is 9.74. The molecule has 0 saturated heterocycles. The molecular weight excluding hydrogens is 252 g/mol. The number of unbranched alkanes of at least 4 members (excludes halogenated alkanes) is 3. The van der Waals surface area contributed by atoms with Gasteiger partial charge in [0.25, 0.3) is 0 Å². The largest absolute Gasteiger partial charge is 0.461 e. The summed E-state index contributed by atoms with van der Waals surface area (Å²) in [7, 11) is 0. The van der Waals surface area contributed by atoms with Gasteiger partial charge in [0.2, 0.25) is 0 Å². The van der Waals surface area contributed by atoms with Crippen LogP contribution in [-0.4, -0.2) is 19.2 Å². The molecule has 0 saturated carbocycles. The molecule has 0 bridgehead atoms. The predicted octanol–water partition coefficient (Wildman–Crippen LogP) is 3.96. The second-order valence-corrected chi connectivity index (χ2v) is 5.13. The highest BCUT2D eigenvalue weighted by atomic mass is 16.5. The van der Waals surface area contributed by atoms with Gasteiger partial charge in [-0.25, -0.2) is 0 Å². The van der Waals surface area contributed by atoms with Crippen LogP contribution in [0.4, 0.5) is 0 Å². The fourth-order valence-electron chi connectivity index (χ4n) is 1.83. The molecule has 1 rings (SSSR count). The highest BCUT2D eigenvalue weighted by Crippen LogP contribution is 2.06. The fraction of sp³-hybridized carbons (Fsp3) is 0.588. The minimum absolute atomic E-state index is 0.192. The van der Waals surface area contributed by atoms with Crippen LogP contribution in [0.1, 0.15) is 45.1 Å². The first-order valence-corrected chi connectivity index (χ1v) is 7.52. The number of carbonyl (C=O) groups is 1. The molecule has 0 radical (unpaired) electrons. The van der Waals surface area contributed by atoms with Crippen molar-refractivity contribution in [3.05, 3.63) is 35.9 Å². The third-order valence-electron chi connectivity index (χ3n) is 3.14. The summed E-state index contributed by atoms with van der Waals surface area (Å²) >= 11 is 0. The van der Waals surface area contributed by atoms with Crippen LogP contribution in [0.3, 0.4) is 0 Å². The average Bonchev–Trinajstić information content (AvgIpc) is 2.49. The van der Waals surface area contributed by atoms with E-state index in [9.17, 15) is 4.79 Å². The van der Waals surface area contributed by atoms with Crippen LogP contribution >= 0.6 is 0 Å². The molecule has 20 heavy (non-hydrogen) atoms. The van der Waals surface area contributed by atoms with Crippen molar-refractivity contribution in [1.82, 2.24) is 0 Å². The third kappa shape index (κ3) is 7.29. The van der Waals surface area contributed by atoms with Crippen molar-refractivity contribution in [2.45, 2.75) is 46.1 Å². The average molecular weight is 278 g/mol. The quantitative estimate of drug-likeness (QED) is 0.480. The Balaban J connectivity index is 2.10. The van der Waals surface area contributed by atoms with E-state index in [1.807, 2.05) is 37.3 Å². The van der Waals surface area contributed by atoms with Crippen molar-refractivity contribution < 1.29 is 14.3 Å². The molecule has 0 heterocycles. The Hall–Kier alpha value is -1.35. The Labute approximate surface area is 122 Å². The van der Waals surface area contributed by atoms with E-state index in [0.717, 1.165) is 18.6 Å². The van der Waals surface area contributed by atoms with Crippen LogP contribution in [-0.2, 0) is 20.9 Å². The van der Waals surface area contributed by atoms with Crippen LogP contribution in [0.15, 0.2) is 30.3 Å². The lowest BCUT2D eigenvalue weighted by Crippen LogP contribution is -2.20. The summed E-state index contributed by atoms with van der Waals surface area (Å²) in [5, 5.41) is 0. The number of esters is 1. The summed E-state index contributed by atoms with van der Waals surface area (Å²) in [5.74, 6) is -0.396. The highest BCUT2D eigenvalue weighted by molar-refractivity contribution is 5.72. The number of hydrogen-bond acceptors (Lipinski definition) is 3. The van der Waals surface area contributed by atoms with Crippen molar-refractivity contribution in [3.63, 3.8) is 0 Å². The molecule has 0 aliphatic rings. The van der Waals surface area contributed by atoms with Crippen molar-refractivity contribution in [2.24, 2.45) is 5.92 Å². The van der Waals surface area contributed by atoms with Crippen LogP contribution in [0.5, 0.6) is 0 Å². The predicted molar refractivity (Wildman–Crippen MR) is 80.4 cm³/mol. The van der Waals surface area contributed by atoms with Gasteiger partial charge in [-0.3, -0.25) is 4.79 Å². The summed E-state index contributed by atoms with van der Waals surface area (Å²) in [6.07, 6.45) is 4.74. The second-order valence-electron chi connectivity index (χ2n) is 5.13. The maximum Gasteiger partial charge on any atom is 0.311 e. The second kappa shape index (κ2) is 10.4. The smallest absolute Gasteiger partial charge is 0.311 e. The van der Waals surface area contributed by atoms with Gasteiger partial charge in [-0.2, -0.15) is 0 Å². The topological polar surface area (TPSA) is 35.5 Å². The van der Waals surface area contributed by atoms with E-state index in [1.54, 1.807) is 0 Å². The van der Waals surface area contributed by atoms with E-state index in [1.165, 1.54) is 19.3 Å². The molecule has 0 aliphatic heterocycles. The van der Waals surface area contributed by atoms with Gasteiger partial charge >= 0.3 is 5.97 Å². The Bertz CT molecular complexity index is 362. The zero-order chi connectivity index (χ0) is 14.6. The lowest BCUT2D eigenvalue weighted by Gasteiger charge is -2.12. The monoisotopic (exact) mass is 278 g/mol. The molecule has 0 spiro atoms. The zero-order valence-electron chi connectivity index (χ0n) is 12.6. The molecule has 0 amide bonds. The molecule has 3 heteroatoms. The Morgan fingerprint density at radius 3 is 2.60 bits per heavy atom. The normalized spacial score (nSPS) is 12.1. The van der Waals surface area contributed by atoms with Crippen LogP contribution in [0.25, 0.3) is 0 Å². The highest BCUT2D eigenvalue weighted by Gasteiger charge is 2.14. The molecule has 0 fully saturated rings. The molecule has 0 aromatic heterocycles. The summed E-state index contributed by atoms with van der Waals surface area (Å²) in [6.45, 7) is 5.54. The van der Waals surface area contributed by atoms with Crippen molar-refractivity contribution >= 4 is 5.97 Å². The summed E-state index contributed by atoms with van der Waals surface area (Å²) in [6, 6.07) is 9.71. The van der Waals surface area contributed by atoms with E-state index in [2.05, 4.69) is 6.92 Å². The zero-order valence-corrected chi connectivity index (χ0v) is 12.6. The molecular formula is C17H26O3. The van der Waals surface area contributed by atoms with Crippen molar-refractivity contribution in [3.8, 4) is 0 Å². The molecule has 0 N–H and O–H groups in total. The Kier molecular flexibility index (Phi) is 8.72. The van der Waals surface area contributed by atoms with Gasteiger partial charge < -0.3 is 9.47 Å². The fourth-order valence-corrected chi connectivity index (χ4v) is 1.83. The van der Waals surface area contributed by atoms with Gasteiger partial charge in [0, 0.05) is 6.61 Å². The molecule has 1 unspecified atom stereocenters. The van der Waals surface area contributed by atoms with Gasteiger partial charge in [0.05, 0.1) is 12.5 Å². The molecule has 1 aromatic rings. The van der Waals surface area contributed by atoms with Crippen LogP contribution in [0, 0.1) is 5.92 Å². The maximum absolute atomic E-state index is 11.8. The number of benzene rings is 1. The van der Waals surface area contributed by atoms with Crippen molar-refractivity contribution in [1.29, 1.82) is 0 Å². The van der Waals surface area contributed by atoms with E-state index < -0.39 is 0 Å². The van der Waals surface area contributed by atoms with E-state index >= 15 is 0 Å². The van der Waals surface area contributed by atoms with Crippen molar-refractivity contribution in [2.75, 3.05) is 13.2 Å². The molecule has 3 nitrogen and oxygen atoms in total. The first kappa shape index (κ1) is 16.7. The minimum atomic E-state index is -0.204. The van der Waals surface area contributed by atoms with E-state index in [-0.39, 0.29) is 11.9 Å². The summed E-state index contributed by atoms with van der Waals surface area (Å²) < 4.78 is 10.8. The van der Waals surface area contributed by atoms with E-state index in [0.29, 0.717) is 13.2 Å². The number of carbonyl (C=O) groups excluding carboxylic acids is 1. The Morgan fingerprint density at radius 2 is 1.90 bits per heavy atom. The lowest BCUT2D eigenvalue weighted by atomic mass is 10.2. The molecule has 112 valence electrons. The van der Waals surface area contributed by atoms with Crippen LogP contribution < -0.4 is 0 Å². The van der Waals surface area contributed by atoms with Crippen LogP contribution in [0.2, 0.25) is 0 Å². The van der Waals surface area contributed by atoms with Gasteiger partial charge in [0.1, 0.15) is 6.61 Å². The van der Waals surface area contributed by atoms with E-state index in [4.69, 9.17) is 9.47 Å². The number of rotatable bonds is 10. The molecule has 1 aromatic carbocycles. The molecule has 1 atom stereocenters. The van der Waals surface area contributed by atoms with Gasteiger partial charge in [-0.15, -0.1) is 0 Å². The number of hydrogen-bond donors (Lipinski definition) is 0.